The number of fused-ring (bicyclic) bond motifs is 3. The van der Waals surface area contributed by atoms with Crippen molar-refractivity contribution in [3.05, 3.63) is 187 Å². The molecule has 0 amide bonds. The van der Waals surface area contributed by atoms with Gasteiger partial charge in [-0.25, -0.2) is 0 Å². The van der Waals surface area contributed by atoms with Crippen LogP contribution < -0.4 is 20.7 Å². The molecule has 0 spiro atoms. The van der Waals surface area contributed by atoms with Crippen LogP contribution in [0.2, 0.25) is 0 Å². The quantitative estimate of drug-likeness (QED) is 0.141. The molecule has 0 aliphatic carbocycles. The van der Waals surface area contributed by atoms with Crippen LogP contribution in [-0.4, -0.2) is 12.6 Å². The molecule has 4 heteroatoms. The van der Waals surface area contributed by atoms with Crippen molar-refractivity contribution in [1.29, 1.82) is 10.5 Å². The van der Waals surface area contributed by atoms with E-state index in [0.717, 1.165) is 43.8 Å². The molecule has 48 heavy (non-hydrogen) atoms. The third-order valence-electron chi connectivity index (χ3n) is 9.39. The fourth-order valence-electron chi connectivity index (χ4n) is 7.42. The maximum Gasteiger partial charge on any atom is 0.179 e. The summed E-state index contributed by atoms with van der Waals surface area (Å²) < 4.78 is 2.26. The molecule has 8 aromatic rings. The zero-order valence-corrected chi connectivity index (χ0v) is 27.1. The van der Waals surface area contributed by atoms with Crippen molar-refractivity contribution < 1.29 is 0 Å². The first kappa shape index (κ1) is 29.0. The summed E-state index contributed by atoms with van der Waals surface area (Å²) in [5.74, 6) is 0. The zero-order chi connectivity index (χ0) is 32.5. The molecule has 0 N–H and O–H groups in total. The summed E-state index contributed by atoms with van der Waals surface area (Å²) in [5, 5.41) is 28.2. The third-order valence-corrected chi connectivity index (χ3v) is 14.1. The highest BCUT2D eigenvalue weighted by atomic mass is 28.3. The number of aromatic nitrogens is 1. The second-order valence-corrected chi connectivity index (χ2v) is 15.7. The Balaban J connectivity index is 1.50. The molecular weight excluding hydrogens is 599 g/mol. The largest absolute Gasteiger partial charge is 0.309 e. The molecule has 0 aliphatic heterocycles. The summed E-state index contributed by atoms with van der Waals surface area (Å²) in [6.07, 6.45) is 0. The van der Waals surface area contributed by atoms with Crippen molar-refractivity contribution in [3.8, 4) is 29.0 Å². The van der Waals surface area contributed by atoms with E-state index in [1.54, 1.807) is 0 Å². The molecule has 3 nitrogen and oxygen atoms in total. The van der Waals surface area contributed by atoms with E-state index in [0.29, 0.717) is 11.1 Å². The van der Waals surface area contributed by atoms with Gasteiger partial charge in [0.15, 0.2) is 8.07 Å². The highest BCUT2D eigenvalue weighted by molar-refractivity contribution is 7.19. The van der Waals surface area contributed by atoms with Crippen LogP contribution in [0.15, 0.2) is 176 Å². The monoisotopic (exact) mass is 627 g/mol. The predicted molar refractivity (Wildman–Crippen MR) is 199 cm³/mol. The minimum Gasteiger partial charge on any atom is -0.309 e. The second kappa shape index (κ2) is 12.0. The Bertz CT molecular complexity index is 2370. The van der Waals surface area contributed by atoms with Gasteiger partial charge in [-0.3, -0.25) is 0 Å². The average molecular weight is 628 g/mol. The lowest BCUT2D eigenvalue weighted by Gasteiger charge is -2.35. The Morgan fingerprint density at radius 2 is 0.938 bits per heavy atom. The van der Waals surface area contributed by atoms with Crippen molar-refractivity contribution in [2.45, 2.75) is 0 Å². The lowest BCUT2D eigenvalue weighted by Crippen LogP contribution is -2.74. The van der Waals surface area contributed by atoms with Crippen LogP contribution in [0.1, 0.15) is 11.1 Å². The lowest BCUT2D eigenvalue weighted by molar-refractivity contribution is 1.18. The molecule has 224 valence electrons. The molecule has 1 heterocycles. The number of hydrogen-bond acceptors (Lipinski definition) is 2. The van der Waals surface area contributed by atoms with Crippen LogP contribution in [0, 0.1) is 22.7 Å². The van der Waals surface area contributed by atoms with E-state index < -0.39 is 8.07 Å². The van der Waals surface area contributed by atoms with Crippen LogP contribution in [0.25, 0.3) is 38.6 Å². The van der Waals surface area contributed by atoms with E-state index in [9.17, 15) is 10.5 Å². The number of para-hydroxylation sites is 2. The van der Waals surface area contributed by atoms with E-state index in [4.69, 9.17) is 0 Å². The van der Waals surface area contributed by atoms with Gasteiger partial charge in [0.25, 0.3) is 0 Å². The molecule has 7 aromatic carbocycles. The van der Waals surface area contributed by atoms with E-state index >= 15 is 0 Å². The molecule has 0 unspecified atom stereocenters. The Kier molecular flexibility index (Phi) is 7.27. The lowest BCUT2D eigenvalue weighted by atomic mass is 9.96. The first-order valence-electron chi connectivity index (χ1n) is 16.0. The number of rotatable bonds is 6. The van der Waals surface area contributed by atoms with Crippen LogP contribution in [0.5, 0.6) is 0 Å². The molecule has 8 rings (SSSR count). The van der Waals surface area contributed by atoms with E-state index in [-0.39, 0.29) is 0 Å². The standard InChI is InChI=1S/C44H29N3Si/c45-30-32-27-34(44-33(31-46)15-14-26-43(44)47-41-24-12-10-22-39(41)40-23-11-13-25-42(40)47)29-38(28-32)48(35-16-4-1-5-17-35,36-18-6-2-7-19-36)37-20-8-3-9-21-37/h1-29H. The van der Waals surface area contributed by atoms with Crippen LogP contribution in [0.3, 0.4) is 0 Å². The van der Waals surface area contributed by atoms with E-state index in [2.05, 4.69) is 174 Å². The molecule has 1 aromatic heterocycles. The summed E-state index contributed by atoms with van der Waals surface area (Å²) in [6.45, 7) is 0. The number of benzene rings is 7. The summed E-state index contributed by atoms with van der Waals surface area (Å²) >= 11 is 0. The van der Waals surface area contributed by atoms with Crippen molar-refractivity contribution in [2.24, 2.45) is 0 Å². The Hall–Kier alpha value is -6.46. The van der Waals surface area contributed by atoms with Crippen LogP contribution in [-0.2, 0) is 0 Å². The Labute approximate surface area is 280 Å². The minimum atomic E-state index is -2.95. The molecule has 0 radical (unpaired) electrons. The number of hydrogen-bond donors (Lipinski definition) is 0. The summed E-state index contributed by atoms with van der Waals surface area (Å²) in [7, 11) is -2.95. The van der Waals surface area contributed by atoms with Gasteiger partial charge < -0.3 is 4.57 Å². The second-order valence-electron chi connectivity index (χ2n) is 11.9. The van der Waals surface area contributed by atoms with Gasteiger partial charge in [0.2, 0.25) is 0 Å². The number of nitrogens with zero attached hydrogens (tertiary/aromatic N) is 3. The van der Waals surface area contributed by atoms with Gasteiger partial charge in [-0.05, 0) is 62.7 Å². The molecule has 0 fully saturated rings. The average Bonchev–Trinajstić information content (AvgIpc) is 3.50. The molecule has 0 bridgehead atoms. The molecule has 0 atom stereocenters. The first-order chi connectivity index (χ1) is 23.7. The fraction of sp³-hybridized carbons (Fsp3) is 0. The predicted octanol–water partition coefficient (Wildman–Crippen LogP) is 7.57. The van der Waals surface area contributed by atoms with Crippen molar-refractivity contribution in [2.75, 3.05) is 0 Å². The Morgan fingerprint density at radius 3 is 1.44 bits per heavy atom. The molecule has 0 aliphatic rings. The van der Waals surface area contributed by atoms with Gasteiger partial charge in [0.05, 0.1) is 40.0 Å². The Morgan fingerprint density at radius 1 is 0.438 bits per heavy atom. The van der Waals surface area contributed by atoms with Crippen molar-refractivity contribution in [3.63, 3.8) is 0 Å². The molecule has 0 saturated heterocycles. The highest BCUT2D eigenvalue weighted by Crippen LogP contribution is 2.37. The molecular formula is C44H29N3Si. The molecule has 0 saturated carbocycles. The minimum absolute atomic E-state index is 0.557. The van der Waals surface area contributed by atoms with Gasteiger partial charge in [0.1, 0.15) is 0 Å². The number of nitriles is 2. The van der Waals surface area contributed by atoms with Crippen molar-refractivity contribution >= 4 is 50.6 Å². The maximum atomic E-state index is 10.6. The van der Waals surface area contributed by atoms with Gasteiger partial charge in [0, 0.05) is 16.3 Å². The summed E-state index contributed by atoms with van der Waals surface area (Å²) in [4.78, 5) is 0. The fourth-order valence-corrected chi connectivity index (χ4v) is 12.2. The first-order valence-corrected chi connectivity index (χ1v) is 18.0. The SMILES string of the molecule is N#Cc1cc(-c2c(C#N)cccc2-n2c3ccccc3c3ccccc32)cc([Si](c2ccccc2)(c2ccccc2)c2ccccc2)c1. The van der Waals surface area contributed by atoms with Crippen LogP contribution >= 0.6 is 0 Å². The van der Waals surface area contributed by atoms with Crippen molar-refractivity contribution in [1.82, 2.24) is 4.57 Å². The van der Waals surface area contributed by atoms with Crippen LogP contribution in [0.4, 0.5) is 0 Å². The smallest absolute Gasteiger partial charge is 0.179 e. The van der Waals surface area contributed by atoms with Gasteiger partial charge in [-0.1, -0.05) is 140 Å². The summed E-state index contributed by atoms with van der Waals surface area (Å²) in [5.41, 5.74) is 5.80. The van der Waals surface area contributed by atoms with E-state index in [1.807, 2.05) is 18.2 Å². The zero-order valence-electron chi connectivity index (χ0n) is 26.1. The summed E-state index contributed by atoms with van der Waals surface area (Å²) in [6, 6.07) is 66.0. The van der Waals surface area contributed by atoms with Gasteiger partial charge >= 0.3 is 0 Å². The highest BCUT2D eigenvalue weighted by Gasteiger charge is 2.42. The maximum absolute atomic E-state index is 10.6. The van der Waals surface area contributed by atoms with E-state index in [1.165, 1.54) is 15.6 Å². The van der Waals surface area contributed by atoms with Gasteiger partial charge in [-0.15, -0.1) is 0 Å². The van der Waals surface area contributed by atoms with Gasteiger partial charge in [-0.2, -0.15) is 10.5 Å². The third kappa shape index (κ3) is 4.55. The topological polar surface area (TPSA) is 52.5 Å². The normalized spacial score (nSPS) is 11.3.